The van der Waals surface area contributed by atoms with Gasteiger partial charge in [-0.3, -0.25) is 9.59 Å². The number of hydrogen-bond acceptors (Lipinski definition) is 9. The Morgan fingerprint density at radius 3 is 1.78 bits per heavy atom. The largest absolute Gasteiger partial charge is 0.387 e. The van der Waals surface area contributed by atoms with Crippen molar-refractivity contribution in [3.8, 4) is 12.0 Å². The molecule has 2 aromatic carbocycles. The van der Waals surface area contributed by atoms with Crippen LogP contribution in [0.4, 0.5) is 10.5 Å². The lowest BCUT2D eigenvalue weighted by molar-refractivity contribution is -0.125. The number of rotatable bonds is 10. The summed E-state index contributed by atoms with van der Waals surface area (Å²) in [6.45, 7) is 0.739. The predicted molar refractivity (Wildman–Crippen MR) is 246 cm³/mol. The van der Waals surface area contributed by atoms with Crippen molar-refractivity contribution in [2.24, 2.45) is 17.0 Å². The van der Waals surface area contributed by atoms with E-state index in [1.807, 2.05) is 6.26 Å². The summed E-state index contributed by atoms with van der Waals surface area (Å²) >= 11 is 0. The lowest BCUT2D eigenvalue weighted by atomic mass is 9.77. The minimum atomic E-state index is -3.65. The maximum atomic E-state index is 13.1. The van der Waals surface area contributed by atoms with Crippen molar-refractivity contribution in [2.75, 3.05) is 24.2 Å². The maximum absolute atomic E-state index is 13.1. The average molecular weight is 918 g/mol. The number of amides is 3. The molecule has 1 aliphatic heterocycles. The van der Waals surface area contributed by atoms with Crippen LogP contribution in [0.1, 0.15) is 154 Å². The molecule has 0 spiro atoms. The van der Waals surface area contributed by atoms with Crippen LogP contribution < -0.4 is 20.5 Å². The summed E-state index contributed by atoms with van der Waals surface area (Å²) in [5.41, 5.74) is 11.4. The molecular weight excluding hydrogens is 851 g/mol. The Kier molecular flexibility index (Phi) is 14.7. The normalized spacial score (nSPS) is 23.6. The van der Waals surface area contributed by atoms with Crippen LogP contribution in [0.3, 0.4) is 0 Å². The molecule has 1 saturated heterocycles. The quantitative estimate of drug-likeness (QED) is 0.213. The summed E-state index contributed by atoms with van der Waals surface area (Å²) in [5.74, 6) is 0.706. The van der Waals surface area contributed by atoms with Crippen molar-refractivity contribution in [3.05, 3.63) is 56.6 Å². The predicted octanol–water partition coefficient (Wildman–Crippen LogP) is 6.86. The molecule has 3 atom stereocenters. The SMILES string of the molecule is N#COc1c2c(cc3c1CCC3)CCC2.NS(=O)(=O)C1CCCC(C(=O)CC2CCC2)C1.O=C(CS(=O)(=O)C1CCCN(C(=O)NC2CCC2)C1)Nc1c2c(cc3c1CCC3)CCC2. The molecule has 2 aromatic rings. The maximum Gasteiger partial charge on any atom is 0.317 e. The van der Waals surface area contributed by atoms with Crippen LogP contribution in [-0.2, 0) is 80.8 Å². The van der Waals surface area contributed by atoms with Gasteiger partial charge in [0.05, 0.1) is 10.5 Å². The summed E-state index contributed by atoms with van der Waals surface area (Å²) in [7, 11) is -7.12. The van der Waals surface area contributed by atoms with Crippen LogP contribution in [0.25, 0.3) is 0 Å². The number of carbonyl (C=O) groups is 3. The number of nitriles is 1. The van der Waals surface area contributed by atoms with Crippen LogP contribution in [0, 0.1) is 23.4 Å². The van der Waals surface area contributed by atoms with Crippen molar-refractivity contribution in [1.82, 2.24) is 10.2 Å². The Balaban J connectivity index is 0.000000146. The van der Waals surface area contributed by atoms with E-state index in [9.17, 15) is 31.2 Å². The molecule has 0 aromatic heterocycles. The van der Waals surface area contributed by atoms with Gasteiger partial charge in [0.15, 0.2) is 9.84 Å². The number of fused-ring (bicyclic) bond motifs is 4. The summed E-state index contributed by atoms with van der Waals surface area (Å²) in [6.07, 6.45) is 26.1. The molecule has 7 aliphatic carbocycles. The van der Waals surface area contributed by atoms with E-state index >= 15 is 0 Å². The number of primary sulfonamides is 1. The molecule has 0 radical (unpaired) electrons. The molecule has 4 fully saturated rings. The topological polar surface area (TPSA) is 206 Å². The summed E-state index contributed by atoms with van der Waals surface area (Å²) in [4.78, 5) is 39.0. The first-order chi connectivity index (χ1) is 30.8. The van der Waals surface area contributed by atoms with Gasteiger partial charge in [0, 0.05) is 37.2 Å². The van der Waals surface area contributed by atoms with E-state index < -0.39 is 42.0 Å². The highest BCUT2D eigenvalue weighted by atomic mass is 32.2. The van der Waals surface area contributed by atoms with Crippen LogP contribution in [0.15, 0.2) is 12.1 Å². The van der Waals surface area contributed by atoms with E-state index in [2.05, 4.69) is 22.8 Å². The second-order valence-electron chi connectivity index (χ2n) is 19.8. The molecule has 348 valence electrons. The zero-order valence-corrected chi connectivity index (χ0v) is 39.0. The van der Waals surface area contributed by atoms with Gasteiger partial charge in [-0.1, -0.05) is 37.8 Å². The highest BCUT2D eigenvalue weighted by Crippen LogP contribution is 2.41. The summed E-state index contributed by atoms with van der Waals surface area (Å²) < 4.78 is 54.0. The second kappa shape index (κ2) is 20.3. The number of ketones is 1. The Labute approximate surface area is 380 Å². The Bertz CT molecular complexity index is 2300. The van der Waals surface area contributed by atoms with Gasteiger partial charge in [-0.2, -0.15) is 0 Å². The number of anilines is 1. The fourth-order valence-corrected chi connectivity index (χ4v) is 14.1. The third-order valence-corrected chi connectivity index (χ3v) is 18.9. The molecule has 3 saturated carbocycles. The lowest BCUT2D eigenvalue weighted by Gasteiger charge is -2.35. The highest BCUT2D eigenvalue weighted by molar-refractivity contribution is 7.92. The first-order valence-electron chi connectivity index (χ1n) is 24.3. The van der Waals surface area contributed by atoms with Crippen molar-refractivity contribution in [2.45, 2.75) is 177 Å². The molecular formula is C49H67N5O8S2. The van der Waals surface area contributed by atoms with E-state index in [0.29, 0.717) is 44.6 Å². The number of nitrogens with two attached hydrogens (primary N) is 1. The smallest absolute Gasteiger partial charge is 0.317 e. The van der Waals surface area contributed by atoms with E-state index in [-0.39, 0.29) is 30.3 Å². The van der Waals surface area contributed by atoms with Gasteiger partial charge in [-0.05, 0) is 179 Å². The average Bonchev–Trinajstić information content (AvgIpc) is 4.09. The molecule has 15 heteroatoms. The van der Waals surface area contributed by atoms with Gasteiger partial charge in [-0.25, -0.2) is 26.8 Å². The van der Waals surface area contributed by atoms with E-state index in [1.54, 1.807) is 4.90 Å². The molecule has 3 amide bonds. The van der Waals surface area contributed by atoms with Crippen molar-refractivity contribution >= 4 is 43.3 Å². The zero-order chi connectivity index (χ0) is 45.0. The fourth-order valence-electron chi connectivity index (χ4n) is 11.5. The molecule has 10 rings (SSSR count). The van der Waals surface area contributed by atoms with E-state index in [0.717, 1.165) is 121 Å². The van der Waals surface area contributed by atoms with Gasteiger partial charge in [0.25, 0.3) is 6.26 Å². The number of hydrogen-bond donors (Lipinski definition) is 3. The van der Waals surface area contributed by atoms with E-state index in [1.165, 1.54) is 63.8 Å². The summed E-state index contributed by atoms with van der Waals surface area (Å²) in [5, 5.41) is 18.7. The monoisotopic (exact) mass is 917 g/mol. The highest BCUT2D eigenvalue weighted by Gasteiger charge is 2.37. The minimum Gasteiger partial charge on any atom is -0.387 e. The number of likely N-dealkylation sites (tertiary alicyclic amines) is 1. The number of sulfone groups is 1. The third kappa shape index (κ3) is 10.8. The van der Waals surface area contributed by atoms with Crippen LogP contribution >= 0.6 is 0 Å². The number of Topliss-reactive ketones (excluding diaryl/α,β-unsaturated/α-hetero) is 1. The molecule has 13 nitrogen and oxygen atoms in total. The first kappa shape index (κ1) is 46.5. The van der Waals surface area contributed by atoms with Crippen molar-refractivity contribution in [3.63, 3.8) is 0 Å². The number of benzene rings is 2. The number of piperidine rings is 1. The summed E-state index contributed by atoms with van der Waals surface area (Å²) in [6, 6.07) is 4.69. The van der Waals surface area contributed by atoms with Gasteiger partial charge in [0.1, 0.15) is 17.3 Å². The Hall–Kier alpha value is -4.00. The number of ether oxygens (including phenoxy) is 1. The van der Waals surface area contributed by atoms with Gasteiger partial charge >= 0.3 is 6.03 Å². The van der Waals surface area contributed by atoms with Gasteiger partial charge in [-0.15, -0.1) is 5.26 Å². The Morgan fingerprint density at radius 1 is 0.703 bits per heavy atom. The van der Waals surface area contributed by atoms with Crippen LogP contribution in [-0.4, -0.2) is 74.8 Å². The number of aryl methyl sites for hydroxylation is 4. The van der Waals surface area contributed by atoms with Crippen LogP contribution in [0.2, 0.25) is 0 Å². The minimum absolute atomic E-state index is 0.0623. The molecule has 8 aliphatic rings. The van der Waals surface area contributed by atoms with Gasteiger partial charge < -0.3 is 20.3 Å². The fraction of sp³-hybridized carbons (Fsp3) is 0.673. The van der Waals surface area contributed by atoms with Crippen molar-refractivity contribution < 1.29 is 36.0 Å². The molecule has 64 heavy (non-hydrogen) atoms. The van der Waals surface area contributed by atoms with Gasteiger partial charge in [0.2, 0.25) is 15.9 Å². The molecule has 3 unspecified atom stereocenters. The molecule has 1 heterocycles. The number of nitrogens with one attached hydrogen (secondary N) is 2. The second-order valence-corrected chi connectivity index (χ2v) is 23.9. The zero-order valence-electron chi connectivity index (χ0n) is 37.4. The number of sulfonamides is 1. The molecule has 4 N–H and O–H groups in total. The number of carbonyl (C=O) groups excluding carboxylic acids is 3. The first-order valence-corrected chi connectivity index (χ1v) is 27.6. The molecule has 0 bridgehead atoms. The number of urea groups is 1. The standard InChI is InChI=1S/C24H33N3O4S.C13H13NO.C12H21NO3S/c28-22(26-23-20-10-1-5-16(20)13-17-6-2-11-21(17)23)15-32(30,31)19-9-4-12-27(14-19)24(29)25-18-7-3-8-18;14-8-15-13-11-5-1-3-9(11)7-10-4-2-6-12(10)13;13-17(15,16)11-6-2-5-10(8-11)12(14)7-9-3-1-4-9/h13,18-19H,1-12,14-15H2,(H,25,29)(H,26,28);7H,1-6H2;9-11H,1-8H2,(H2,13,15,16). The Morgan fingerprint density at radius 2 is 1.25 bits per heavy atom. The van der Waals surface area contributed by atoms with E-state index in [4.69, 9.17) is 15.1 Å². The van der Waals surface area contributed by atoms with Crippen molar-refractivity contribution in [1.29, 1.82) is 5.26 Å². The van der Waals surface area contributed by atoms with Crippen LogP contribution in [0.5, 0.6) is 5.75 Å². The third-order valence-electron chi connectivity index (χ3n) is 15.5. The number of nitrogens with zero attached hydrogens (tertiary/aromatic N) is 2. The lowest BCUT2D eigenvalue weighted by Crippen LogP contribution is -2.53.